The number of nitrogens with one attached hydrogen (secondary N) is 1. The van der Waals surface area contributed by atoms with E-state index in [1.165, 1.54) is 4.90 Å². The number of halogens is 1. The highest BCUT2D eigenvalue weighted by molar-refractivity contribution is 9.10. The van der Waals surface area contributed by atoms with Gasteiger partial charge in [-0.3, -0.25) is 4.79 Å². The predicted octanol–water partition coefficient (Wildman–Crippen LogP) is 0.887. The maximum Gasteiger partial charge on any atom is 0.371 e. The zero-order valence-corrected chi connectivity index (χ0v) is 13.8. The van der Waals surface area contributed by atoms with Crippen LogP contribution >= 0.6 is 15.9 Å². The number of hydrogen-bond acceptors (Lipinski definition) is 5. The molecule has 10 heteroatoms. The number of carbonyl (C=O) groups is 2. The molecule has 0 saturated carbocycles. The van der Waals surface area contributed by atoms with Crippen molar-refractivity contribution in [2.45, 2.75) is 18.7 Å². The minimum Gasteiger partial charge on any atom is -0.475 e. The lowest BCUT2D eigenvalue weighted by Crippen LogP contribution is -2.39. The van der Waals surface area contributed by atoms with Crippen molar-refractivity contribution in [1.29, 1.82) is 0 Å². The third-order valence-electron chi connectivity index (χ3n) is 2.69. The average molecular weight is 383 g/mol. The molecule has 1 heterocycles. The SMILES string of the molecule is CCN(CC)C(=O)CNS(=O)(=O)c1cc(C(=O)O)oc1Br. The minimum absolute atomic E-state index is 0.234. The summed E-state index contributed by atoms with van der Waals surface area (Å²) in [6.45, 7) is 4.08. The van der Waals surface area contributed by atoms with Gasteiger partial charge in [-0.25, -0.2) is 17.9 Å². The molecule has 0 radical (unpaired) electrons. The third kappa shape index (κ3) is 4.29. The normalized spacial score (nSPS) is 11.4. The molecule has 0 aliphatic rings. The molecule has 1 amide bonds. The van der Waals surface area contributed by atoms with Crippen LogP contribution in [-0.2, 0) is 14.8 Å². The molecule has 0 aromatic carbocycles. The molecule has 2 N–H and O–H groups in total. The first-order valence-corrected chi connectivity index (χ1v) is 8.30. The predicted molar refractivity (Wildman–Crippen MR) is 76.5 cm³/mol. The first-order valence-electron chi connectivity index (χ1n) is 6.03. The van der Waals surface area contributed by atoms with Crippen LogP contribution in [0.3, 0.4) is 0 Å². The van der Waals surface area contributed by atoms with Gasteiger partial charge in [0.25, 0.3) is 0 Å². The molecular weight excluding hydrogens is 368 g/mol. The molecule has 0 unspecified atom stereocenters. The molecule has 1 aromatic heterocycles. The van der Waals surface area contributed by atoms with Crippen molar-refractivity contribution in [3.63, 3.8) is 0 Å². The van der Waals surface area contributed by atoms with E-state index in [1.807, 2.05) is 0 Å². The van der Waals surface area contributed by atoms with E-state index in [1.54, 1.807) is 13.8 Å². The van der Waals surface area contributed by atoms with Crippen LogP contribution in [-0.4, -0.2) is 49.9 Å². The molecule has 0 fully saturated rings. The fraction of sp³-hybridized carbons (Fsp3) is 0.455. The second kappa shape index (κ2) is 7.05. The van der Waals surface area contributed by atoms with Gasteiger partial charge in [-0.1, -0.05) is 0 Å². The molecule has 0 bridgehead atoms. The number of carboxylic acid groups (broad SMARTS) is 1. The lowest BCUT2D eigenvalue weighted by Gasteiger charge is -2.18. The molecular formula is C11H15BrN2O6S. The van der Waals surface area contributed by atoms with Gasteiger partial charge in [-0.2, -0.15) is 0 Å². The average Bonchev–Trinajstić information content (AvgIpc) is 2.81. The zero-order chi connectivity index (χ0) is 16.2. The summed E-state index contributed by atoms with van der Waals surface area (Å²) >= 11 is 2.84. The second-order valence-electron chi connectivity index (χ2n) is 3.94. The molecule has 0 aliphatic carbocycles. The number of carbonyl (C=O) groups excluding carboxylic acids is 1. The molecule has 21 heavy (non-hydrogen) atoms. The van der Waals surface area contributed by atoms with Crippen molar-refractivity contribution in [2.24, 2.45) is 0 Å². The fourth-order valence-corrected chi connectivity index (χ4v) is 3.48. The van der Waals surface area contributed by atoms with Gasteiger partial charge >= 0.3 is 5.97 Å². The Morgan fingerprint density at radius 2 is 1.95 bits per heavy atom. The number of carboxylic acids is 1. The second-order valence-corrected chi connectivity index (χ2v) is 6.40. The standard InChI is InChI=1S/C11H15BrN2O6S/c1-3-14(4-2)9(15)6-13-21(18,19)8-5-7(11(16)17)20-10(8)12/h5,13H,3-4,6H2,1-2H3,(H,16,17). The van der Waals surface area contributed by atoms with Crippen LogP contribution < -0.4 is 4.72 Å². The molecule has 0 aliphatic heterocycles. The van der Waals surface area contributed by atoms with E-state index in [-0.39, 0.29) is 15.5 Å². The number of nitrogens with zero attached hydrogens (tertiary/aromatic N) is 1. The van der Waals surface area contributed by atoms with E-state index < -0.39 is 28.3 Å². The van der Waals surface area contributed by atoms with E-state index in [2.05, 4.69) is 20.7 Å². The smallest absolute Gasteiger partial charge is 0.371 e. The van der Waals surface area contributed by atoms with Crippen LogP contribution in [0.25, 0.3) is 0 Å². The number of hydrogen-bond donors (Lipinski definition) is 2. The van der Waals surface area contributed by atoms with Crippen LogP contribution in [0.15, 0.2) is 20.0 Å². The van der Waals surface area contributed by atoms with Gasteiger partial charge in [0.15, 0.2) is 4.67 Å². The lowest BCUT2D eigenvalue weighted by atomic mass is 10.4. The van der Waals surface area contributed by atoms with Crippen molar-refractivity contribution >= 4 is 37.8 Å². The summed E-state index contributed by atoms with van der Waals surface area (Å²) in [7, 11) is -4.05. The minimum atomic E-state index is -4.05. The third-order valence-corrected chi connectivity index (χ3v) is 4.94. The maximum atomic E-state index is 12.0. The van der Waals surface area contributed by atoms with Gasteiger partial charge in [0, 0.05) is 19.2 Å². The summed E-state index contributed by atoms with van der Waals surface area (Å²) in [5.41, 5.74) is 0. The Labute approximate surface area is 130 Å². The Morgan fingerprint density at radius 3 is 2.38 bits per heavy atom. The maximum absolute atomic E-state index is 12.0. The monoisotopic (exact) mass is 382 g/mol. The van der Waals surface area contributed by atoms with Crippen LogP contribution in [0.1, 0.15) is 24.4 Å². The van der Waals surface area contributed by atoms with Crippen molar-refractivity contribution in [3.8, 4) is 0 Å². The van der Waals surface area contributed by atoms with E-state index in [0.717, 1.165) is 6.07 Å². The van der Waals surface area contributed by atoms with E-state index >= 15 is 0 Å². The number of furan rings is 1. The number of amides is 1. The summed E-state index contributed by atoms with van der Waals surface area (Å²) in [6, 6.07) is 0.872. The number of likely N-dealkylation sites (N-methyl/N-ethyl adjacent to an activating group) is 1. The Hall–Kier alpha value is -1.39. The molecule has 0 saturated heterocycles. The molecule has 1 rings (SSSR count). The van der Waals surface area contributed by atoms with Crippen LogP contribution in [0, 0.1) is 0 Å². The van der Waals surface area contributed by atoms with Gasteiger partial charge in [-0.15, -0.1) is 0 Å². The first-order chi connectivity index (χ1) is 9.72. The van der Waals surface area contributed by atoms with E-state index in [0.29, 0.717) is 13.1 Å². The van der Waals surface area contributed by atoms with Gasteiger partial charge in [0.1, 0.15) is 4.90 Å². The quantitative estimate of drug-likeness (QED) is 0.722. The Kier molecular flexibility index (Phi) is 5.93. The highest BCUT2D eigenvalue weighted by Gasteiger charge is 2.25. The molecule has 1 aromatic rings. The largest absolute Gasteiger partial charge is 0.475 e. The highest BCUT2D eigenvalue weighted by atomic mass is 79.9. The van der Waals surface area contributed by atoms with Gasteiger partial charge in [-0.05, 0) is 29.8 Å². The summed E-state index contributed by atoms with van der Waals surface area (Å²) in [5.74, 6) is -2.28. The van der Waals surface area contributed by atoms with Gasteiger partial charge < -0.3 is 14.4 Å². The zero-order valence-electron chi connectivity index (χ0n) is 11.4. The van der Waals surface area contributed by atoms with E-state index in [4.69, 9.17) is 9.52 Å². The van der Waals surface area contributed by atoms with E-state index in [9.17, 15) is 18.0 Å². The van der Waals surface area contributed by atoms with Crippen LogP contribution in [0.4, 0.5) is 0 Å². The van der Waals surface area contributed by atoms with Gasteiger partial charge in [0.2, 0.25) is 21.7 Å². The molecule has 8 nitrogen and oxygen atoms in total. The van der Waals surface area contributed by atoms with Crippen molar-refractivity contribution in [1.82, 2.24) is 9.62 Å². The van der Waals surface area contributed by atoms with Crippen molar-refractivity contribution < 1.29 is 27.5 Å². The van der Waals surface area contributed by atoms with Crippen LogP contribution in [0.5, 0.6) is 0 Å². The highest BCUT2D eigenvalue weighted by Crippen LogP contribution is 2.25. The molecule has 0 spiro atoms. The lowest BCUT2D eigenvalue weighted by molar-refractivity contribution is -0.129. The number of sulfonamides is 1. The summed E-state index contributed by atoms with van der Waals surface area (Å²) in [6.07, 6.45) is 0. The topological polar surface area (TPSA) is 117 Å². The van der Waals surface area contributed by atoms with Gasteiger partial charge in [0.05, 0.1) is 6.54 Å². The Bertz CT molecular complexity index is 635. The number of rotatable bonds is 7. The first kappa shape index (κ1) is 17.7. The summed E-state index contributed by atoms with van der Waals surface area (Å²) in [4.78, 5) is 23.6. The van der Waals surface area contributed by atoms with Crippen molar-refractivity contribution in [2.75, 3.05) is 19.6 Å². The summed E-state index contributed by atoms with van der Waals surface area (Å²) in [5, 5.41) is 8.75. The Balaban J connectivity index is 2.88. The molecule has 0 atom stereocenters. The summed E-state index contributed by atoms with van der Waals surface area (Å²) < 4.78 is 30.7. The van der Waals surface area contributed by atoms with Crippen LogP contribution in [0.2, 0.25) is 0 Å². The van der Waals surface area contributed by atoms with Crippen molar-refractivity contribution in [3.05, 3.63) is 16.5 Å². The number of aromatic carboxylic acids is 1. The Morgan fingerprint density at radius 1 is 1.38 bits per heavy atom. The molecule has 118 valence electrons. The fourth-order valence-electron chi connectivity index (χ4n) is 1.56.